The molecule has 1 nitrogen and oxygen atoms in total. The number of halogens is 2. The fraction of sp³-hybridized carbons (Fsp3) is 0.286. The predicted molar refractivity (Wildman–Crippen MR) is 78.9 cm³/mol. The Labute approximate surface area is 121 Å². The molecule has 0 radical (unpaired) electrons. The Balaban J connectivity index is 2.24. The first kappa shape index (κ1) is 13.9. The van der Waals surface area contributed by atoms with Crippen molar-refractivity contribution in [3.63, 3.8) is 0 Å². The predicted octanol–water partition coefficient (Wildman–Crippen LogP) is 4.95. The van der Waals surface area contributed by atoms with E-state index >= 15 is 0 Å². The van der Waals surface area contributed by atoms with E-state index in [2.05, 4.69) is 0 Å². The molecule has 1 unspecified atom stereocenters. The number of hydrogen-bond acceptors (Lipinski definition) is 2. The van der Waals surface area contributed by atoms with Crippen LogP contribution in [0.3, 0.4) is 0 Å². The average molecular weight is 301 g/mol. The number of aliphatic hydroxyl groups excluding tert-OH is 1. The minimum Gasteiger partial charge on any atom is -0.388 e. The third-order valence-corrected chi connectivity index (χ3v) is 4.72. The van der Waals surface area contributed by atoms with E-state index in [4.69, 9.17) is 23.2 Å². The van der Waals surface area contributed by atoms with E-state index in [-0.39, 0.29) is 0 Å². The van der Waals surface area contributed by atoms with Gasteiger partial charge in [-0.3, -0.25) is 0 Å². The van der Waals surface area contributed by atoms with E-state index in [0.717, 1.165) is 16.0 Å². The largest absolute Gasteiger partial charge is 0.388 e. The highest BCUT2D eigenvalue weighted by atomic mass is 35.5. The molecular formula is C14H14Cl2OS. The molecule has 2 aromatic rings. The van der Waals surface area contributed by atoms with Crippen molar-refractivity contribution in [3.8, 4) is 0 Å². The summed E-state index contributed by atoms with van der Waals surface area (Å²) in [4.78, 5) is 2.36. The number of rotatable bonds is 3. The highest BCUT2D eigenvalue weighted by Gasteiger charge is 2.15. The van der Waals surface area contributed by atoms with Crippen LogP contribution in [0.25, 0.3) is 0 Å². The second kappa shape index (κ2) is 5.62. The van der Waals surface area contributed by atoms with E-state index in [9.17, 15) is 5.11 Å². The van der Waals surface area contributed by atoms with Crippen molar-refractivity contribution in [3.05, 3.63) is 55.2 Å². The molecule has 1 atom stereocenters. The van der Waals surface area contributed by atoms with Gasteiger partial charge in [0.2, 0.25) is 0 Å². The van der Waals surface area contributed by atoms with Gasteiger partial charge < -0.3 is 5.11 Å². The van der Waals surface area contributed by atoms with Gasteiger partial charge in [-0.25, -0.2) is 0 Å². The summed E-state index contributed by atoms with van der Waals surface area (Å²) in [6.07, 6.45) is -0.0536. The van der Waals surface area contributed by atoms with E-state index in [1.165, 1.54) is 4.88 Å². The fourth-order valence-electron chi connectivity index (χ4n) is 2.01. The Bertz CT molecular complexity index is 563. The summed E-state index contributed by atoms with van der Waals surface area (Å²) in [5, 5.41) is 11.3. The quantitative estimate of drug-likeness (QED) is 0.850. The number of aryl methyl sites for hydroxylation is 2. The second-order valence-electron chi connectivity index (χ2n) is 4.30. The van der Waals surface area contributed by atoms with Crippen LogP contribution < -0.4 is 0 Å². The minimum atomic E-state index is -0.536. The molecule has 0 amide bonds. The molecule has 0 spiro atoms. The molecule has 0 aliphatic heterocycles. The highest BCUT2D eigenvalue weighted by Crippen LogP contribution is 2.32. The van der Waals surface area contributed by atoms with Crippen molar-refractivity contribution < 1.29 is 5.11 Å². The topological polar surface area (TPSA) is 20.2 Å². The SMILES string of the molecule is Cc1cc(C(O)Cc2cccc(Cl)c2Cl)c(C)s1. The number of thiophene rings is 1. The molecular weight excluding hydrogens is 287 g/mol. The van der Waals surface area contributed by atoms with Gasteiger partial charge in [0.05, 0.1) is 16.1 Å². The molecule has 2 rings (SSSR count). The summed E-state index contributed by atoms with van der Waals surface area (Å²) in [7, 11) is 0. The van der Waals surface area contributed by atoms with Crippen LogP contribution in [-0.4, -0.2) is 5.11 Å². The van der Waals surface area contributed by atoms with Crippen LogP contribution in [0.2, 0.25) is 10.0 Å². The van der Waals surface area contributed by atoms with Crippen LogP contribution >= 0.6 is 34.5 Å². The first-order chi connectivity index (χ1) is 8.49. The Morgan fingerprint density at radius 2 is 2.00 bits per heavy atom. The van der Waals surface area contributed by atoms with Crippen molar-refractivity contribution in [2.24, 2.45) is 0 Å². The van der Waals surface area contributed by atoms with Crippen molar-refractivity contribution in [1.82, 2.24) is 0 Å². The lowest BCUT2D eigenvalue weighted by atomic mass is 10.0. The number of benzene rings is 1. The van der Waals surface area contributed by atoms with Crippen molar-refractivity contribution >= 4 is 34.5 Å². The van der Waals surface area contributed by atoms with Crippen LogP contribution in [0.15, 0.2) is 24.3 Å². The third kappa shape index (κ3) is 2.89. The van der Waals surface area contributed by atoms with E-state index in [1.807, 2.05) is 32.0 Å². The molecule has 1 heterocycles. The second-order valence-corrected chi connectivity index (χ2v) is 6.55. The van der Waals surface area contributed by atoms with Gasteiger partial charge in [-0.15, -0.1) is 11.3 Å². The lowest BCUT2D eigenvalue weighted by molar-refractivity contribution is 0.178. The summed E-state index contributed by atoms with van der Waals surface area (Å²) in [6, 6.07) is 7.52. The molecule has 1 aromatic heterocycles. The molecule has 1 aromatic carbocycles. The molecule has 0 fully saturated rings. The van der Waals surface area contributed by atoms with Gasteiger partial charge in [0.15, 0.2) is 0 Å². The average Bonchev–Trinajstić information content (AvgIpc) is 2.64. The molecule has 0 aliphatic carbocycles. The monoisotopic (exact) mass is 300 g/mol. The molecule has 0 saturated carbocycles. The number of hydrogen-bond donors (Lipinski definition) is 1. The minimum absolute atomic E-state index is 0.483. The van der Waals surface area contributed by atoms with Gasteiger partial charge >= 0.3 is 0 Å². The standard InChI is InChI=1S/C14H14Cl2OS/c1-8-6-11(9(2)18-8)13(17)7-10-4-3-5-12(15)14(10)16/h3-6,13,17H,7H2,1-2H3. The highest BCUT2D eigenvalue weighted by molar-refractivity contribution is 7.12. The maximum Gasteiger partial charge on any atom is 0.0841 e. The maximum absolute atomic E-state index is 10.3. The number of aliphatic hydroxyl groups is 1. The Morgan fingerprint density at radius 1 is 1.28 bits per heavy atom. The zero-order chi connectivity index (χ0) is 13.3. The molecule has 0 bridgehead atoms. The molecule has 18 heavy (non-hydrogen) atoms. The first-order valence-corrected chi connectivity index (χ1v) is 7.24. The lowest BCUT2D eigenvalue weighted by Crippen LogP contribution is -2.02. The lowest BCUT2D eigenvalue weighted by Gasteiger charge is -2.12. The summed E-state index contributed by atoms with van der Waals surface area (Å²) < 4.78 is 0. The van der Waals surface area contributed by atoms with Crippen molar-refractivity contribution in [2.75, 3.05) is 0 Å². The zero-order valence-electron chi connectivity index (χ0n) is 10.2. The zero-order valence-corrected chi connectivity index (χ0v) is 12.5. The smallest absolute Gasteiger partial charge is 0.0841 e. The summed E-state index contributed by atoms with van der Waals surface area (Å²) in [6.45, 7) is 4.07. The molecule has 0 saturated heterocycles. The van der Waals surface area contributed by atoms with Crippen LogP contribution in [0.5, 0.6) is 0 Å². The molecule has 4 heteroatoms. The first-order valence-electron chi connectivity index (χ1n) is 5.67. The molecule has 96 valence electrons. The summed E-state index contributed by atoms with van der Waals surface area (Å²) in [5.41, 5.74) is 1.86. The third-order valence-electron chi connectivity index (χ3n) is 2.88. The van der Waals surface area contributed by atoms with Gasteiger partial charge in [-0.1, -0.05) is 35.3 Å². The van der Waals surface area contributed by atoms with Gasteiger partial charge in [0, 0.05) is 16.2 Å². The van der Waals surface area contributed by atoms with Gasteiger partial charge in [-0.2, -0.15) is 0 Å². The molecule has 0 aliphatic rings. The Hall–Kier alpha value is -0.540. The van der Waals surface area contributed by atoms with Gasteiger partial charge in [0.1, 0.15) is 0 Å². The summed E-state index contributed by atoms with van der Waals surface area (Å²) >= 11 is 13.8. The van der Waals surface area contributed by atoms with Crippen molar-refractivity contribution in [2.45, 2.75) is 26.4 Å². The van der Waals surface area contributed by atoms with Crippen LogP contribution in [0.4, 0.5) is 0 Å². The maximum atomic E-state index is 10.3. The van der Waals surface area contributed by atoms with Crippen LogP contribution in [-0.2, 0) is 6.42 Å². The van der Waals surface area contributed by atoms with Crippen LogP contribution in [0, 0.1) is 13.8 Å². The van der Waals surface area contributed by atoms with E-state index in [1.54, 1.807) is 17.4 Å². The molecule has 1 N–H and O–H groups in total. The van der Waals surface area contributed by atoms with Gasteiger partial charge in [-0.05, 0) is 37.1 Å². The Morgan fingerprint density at radius 3 is 2.61 bits per heavy atom. The van der Waals surface area contributed by atoms with E-state index in [0.29, 0.717) is 16.5 Å². The van der Waals surface area contributed by atoms with Crippen molar-refractivity contribution in [1.29, 1.82) is 0 Å². The Kier molecular flexibility index (Phi) is 4.33. The van der Waals surface area contributed by atoms with Gasteiger partial charge in [0.25, 0.3) is 0 Å². The van der Waals surface area contributed by atoms with Crippen LogP contribution in [0.1, 0.15) is 27.0 Å². The summed E-state index contributed by atoms with van der Waals surface area (Å²) in [5.74, 6) is 0. The normalized spacial score (nSPS) is 12.7. The van der Waals surface area contributed by atoms with E-state index < -0.39 is 6.10 Å². The fourth-order valence-corrected chi connectivity index (χ4v) is 3.38.